The Kier molecular flexibility index (Phi) is 3.85. The van der Waals surface area contributed by atoms with Crippen LogP contribution in [0.1, 0.15) is 26.2 Å². The number of fused-ring (bicyclic) bond motifs is 1. The van der Waals surface area contributed by atoms with Crippen molar-refractivity contribution in [3.05, 3.63) is 0 Å². The number of halogens is 3. The predicted octanol–water partition coefficient (Wildman–Crippen LogP) is 2.93. The van der Waals surface area contributed by atoms with Crippen molar-refractivity contribution in [1.82, 2.24) is 4.90 Å². The van der Waals surface area contributed by atoms with E-state index in [1.54, 1.807) is 0 Å². The van der Waals surface area contributed by atoms with Gasteiger partial charge in [-0.15, -0.1) is 0 Å². The lowest BCUT2D eigenvalue weighted by Crippen LogP contribution is -2.42. The molecule has 1 saturated heterocycles. The molecule has 0 N–H and O–H groups in total. The highest BCUT2D eigenvalue weighted by atomic mass is 32.2. The van der Waals surface area contributed by atoms with E-state index in [1.165, 1.54) is 16.7 Å². The zero-order valence-corrected chi connectivity index (χ0v) is 11.2. The number of thioether (sulfide) groups is 1. The zero-order chi connectivity index (χ0) is 13.4. The van der Waals surface area contributed by atoms with Crippen molar-refractivity contribution in [2.45, 2.75) is 32.4 Å². The molecule has 0 unspecified atom stereocenters. The van der Waals surface area contributed by atoms with Crippen molar-refractivity contribution in [3.8, 4) is 0 Å². The summed E-state index contributed by atoms with van der Waals surface area (Å²) in [5.74, 6) is 0.595. The molecule has 1 heterocycles. The van der Waals surface area contributed by atoms with Crippen LogP contribution in [0, 0.1) is 11.3 Å². The average molecular weight is 281 g/mol. The van der Waals surface area contributed by atoms with E-state index in [4.69, 9.17) is 0 Å². The van der Waals surface area contributed by atoms with Crippen LogP contribution in [-0.2, 0) is 4.79 Å². The number of nitrogens with zero attached hydrogens (tertiary/aromatic N) is 1. The van der Waals surface area contributed by atoms with E-state index in [0.29, 0.717) is 25.1 Å². The fourth-order valence-corrected chi connectivity index (χ4v) is 3.78. The molecule has 2 fully saturated rings. The lowest BCUT2D eigenvalue weighted by molar-refractivity contribution is -0.226. The number of carbonyl (C=O) groups excluding carboxylic acids is 1. The summed E-state index contributed by atoms with van der Waals surface area (Å²) in [6.07, 6.45) is -2.76. The number of hydrogen-bond acceptors (Lipinski definition) is 2. The Morgan fingerprint density at radius 1 is 1.50 bits per heavy atom. The van der Waals surface area contributed by atoms with Crippen molar-refractivity contribution in [1.29, 1.82) is 0 Å². The zero-order valence-electron chi connectivity index (χ0n) is 10.4. The van der Waals surface area contributed by atoms with Gasteiger partial charge >= 0.3 is 6.18 Å². The largest absolute Gasteiger partial charge is 0.396 e. The Balaban J connectivity index is 2.07. The summed E-state index contributed by atoms with van der Waals surface area (Å²) in [5.41, 5.74) is -1.61. The standard InChI is InChI=1S/C12H18F3NOS/c1-2-18-7-10(17)16-6-9-4-3-5-11(9,8-16)12(13,14)15/h9H,2-8H2,1H3/t9-,11-/m0/s1. The number of carbonyl (C=O) groups is 1. The van der Waals surface area contributed by atoms with Crippen LogP contribution in [0.3, 0.4) is 0 Å². The maximum atomic E-state index is 13.3. The number of likely N-dealkylation sites (tertiary alicyclic amines) is 1. The van der Waals surface area contributed by atoms with Gasteiger partial charge in [0.1, 0.15) is 0 Å². The lowest BCUT2D eigenvalue weighted by atomic mass is 9.80. The molecule has 0 aromatic carbocycles. The Morgan fingerprint density at radius 2 is 2.22 bits per heavy atom. The highest BCUT2D eigenvalue weighted by Gasteiger charge is 2.65. The molecule has 1 saturated carbocycles. The van der Waals surface area contributed by atoms with E-state index in [9.17, 15) is 18.0 Å². The Hall–Kier alpha value is -0.390. The van der Waals surface area contributed by atoms with Gasteiger partial charge in [0.25, 0.3) is 0 Å². The molecule has 0 bridgehead atoms. The van der Waals surface area contributed by atoms with E-state index < -0.39 is 11.6 Å². The van der Waals surface area contributed by atoms with E-state index in [0.717, 1.165) is 5.75 Å². The second-order valence-electron chi connectivity index (χ2n) is 5.15. The summed E-state index contributed by atoms with van der Waals surface area (Å²) in [7, 11) is 0. The second kappa shape index (κ2) is 4.94. The maximum absolute atomic E-state index is 13.3. The van der Waals surface area contributed by atoms with Gasteiger partial charge in [-0.2, -0.15) is 24.9 Å². The summed E-state index contributed by atoms with van der Waals surface area (Å²) < 4.78 is 39.8. The van der Waals surface area contributed by atoms with Gasteiger partial charge in [0.05, 0.1) is 11.2 Å². The Bertz CT molecular complexity index is 334. The molecule has 0 aromatic rings. The van der Waals surface area contributed by atoms with E-state index in [2.05, 4.69) is 0 Å². The summed E-state index contributed by atoms with van der Waals surface area (Å²) >= 11 is 1.47. The number of rotatable bonds is 3. The van der Waals surface area contributed by atoms with Crippen molar-refractivity contribution < 1.29 is 18.0 Å². The fourth-order valence-electron chi connectivity index (χ4n) is 3.22. The smallest absolute Gasteiger partial charge is 0.341 e. The normalized spacial score (nSPS) is 31.8. The van der Waals surface area contributed by atoms with E-state index in [1.807, 2.05) is 6.92 Å². The van der Waals surface area contributed by atoms with Gasteiger partial charge in [-0.25, -0.2) is 0 Å². The quantitative estimate of drug-likeness (QED) is 0.792. The summed E-state index contributed by atoms with van der Waals surface area (Å²) in [4.78, 5) is 13.3. The monoisotopic (exact) mass is 281 g/mol. The molecule has 0 aromatic heterocycles. The first-order chi connectivity index (χ1) is 8.40. The third kappa shape index (κ3) is 2.24. The summed E-state index contributed by atoms with van der Waals surface area (Å²) in [6, 6.07) is 0. The highest BCUT2D eigenvalue weighted by Crippen LogP contribution is 2.57. The Labute approximate surface area is 109 Å². The van der Waals surface area contributed by atoms with Crippen LogP contribution in [0.4, 0.5) is 13.2 Å². The van der Waals surface area contributed by atoms with Crippen molar-refractivity contribution in [3.63, 3.8) is 0 Å². The maximum Gasteiger partial charge on any atom is 0.396 e. The fraction of sp³-hybridized carbons (Fsp3) is 0.917. The first-order valence-electron chi connectivity index (χ1n) is 6.33. The van der Waals surface area contributed by atoms with Crippen molar-refractivity contribution >= 4 is 17.7 Å². The van der Waals surface area contributed by atoms with Crippen LogP contribution >= 0.6 is 11.8 Å². The molecule has 1 aliphatic carbocycles. The number of hydrogen-bond donors (Lipinski definition) is 0. The highest BCUT2D eigenvalue weighted by molar-refractivity contribution is 7.99. The van der Waals surface area contributed by atoms with Crippen LogP contribution in [0.25, 0.3) is 0 Å². The molecule has 2 atom stereocenters. The number of amides is 1. The molecule has 1 amide bonds. The lowest BCUT2D eigenvalue weighted by Gasteiger charge is -2.31. The van der Waals surface area contributed by atoms with Crippen LogP contribution in [0.15, 0.2) is 0 Å². The molecule has 104 valence electrons. The van der Waals surface area contributed by atoms with Crippen LogP contribution in [0.2, 0.25) is 0 Å². The van der Waals surface area contributed by atoms with E-state index in [-0.39, 0.29) is 24.8 Å². The van der Waals surface area contributed by atoms with Crippen LogP contribution in [0.5, 0.6) is 0 Å². The van der Waals surface area contributed by atoms with Crippen molar-refractivity contribution in [2.75, 3.05) is 24.6 Å². The molecule has 1 aliphatic heterocycles. The molecule has 18 heavy (non-hydrogen) atoms. The van der Waals surface area contributed by atoms with Gasteiger partial charge in [-0.1, -0.05) is 13.3 Å². The van der Waals surface area contributed by atoms with Gasteiger partial charge in [-0.05, 0) is 24.5 Å². The molecule has 2 rings (SSSR count). The second-order valence-corrected chi connectivity index (χ2v) is 6.43. The van der Waals surface area contributed by atoms with Gasteiger partial charge in [0.15, 0.2) is 0 Å². The molecule has 2 nitrogen and oxygen atoms in total. The molecule has 6 heteroatoms. The number of alkyl halides is 3. The van der Waals surface area contributed by atoms with Gasteiger partial charge in [0, 0.05) is 13.1 Å². The van der Waals surface area contributed by atoms with E-state index >= 15 is 0 Å². The molecular formula is C12H18F3NOS. The Morgan fingerprint density at radius 3 is 2.78 bits per heavy atom. The third-order valence-electron chi connectivity index (χ3n) is 4.22. The molecule has 2 aliphatic rings. The molecule has 0 radical (unpaired) electrons. The minimum absolute atomic E-state index is 0.121. The predicted molar refractivity (Wildman–Crippen MR) is 65.4 cm³/mol. The van der Waals surface area contributed by atoms with Gasteiger partial charge in [0.2, 0.25) is 5.91 Å². The summed E-state index contributed by atoms with van der Waals surface area (Å²) in [5, 5.41) is 0. The van der Waals surface area contributed by atoms with Gasteiger partial charge in [-0.3, -0.25) is 4.79 Å². The average Bonchev–Trinajstić information content (AvgIpc) is 2.81. The minimum Gasteiger partial charge on any atom is -0.341 e. The molecule has 0 spiro atoms. The molecular weight excluding hydrogens is 263 g/mol. The topological polar surface area (TPSA) is 20.3 Å². The van der Waals surface area contributed by atoms with Crippen molar-refractivity contribution in [2.24, 2.45) is 11.3 Å². The first kappa shape index (κ1) is 14.0. The van der Waals surface area contributed by atoms with Crippen LogP contribution in [-0.4, -0.2) is 41.6 Å². The summed E-state index contributed by atoms with van der Waals surface area (Å²) in [6.45, 7) is 2.11. The van der Waals surface area contributed by atoms with Crippen LogP contribution < -0.4 is 0 Å². The third-order valence-corrected chi connectivity index (χ3v) is 5.08. The first-order valence-corrected chi connectivity index (χ1v) is 7.48. The minimum atomic E-state index is -4.18. The SMILES string of the molecule is CCSCC(=O)N1C[C@@H]2CCC[C@]2(C(F)(F)F)C1. The van der Waals surface area contributed by atoms with Gasteiger partial charge < -0.3 is 4.90 Å².